The first-order valence-corrected chi connectivity index (χ1v) is 13.1. The number of carbonyl (C=O) groups is 1. The minimum atomic E-state index is -0.523. The van der Waals surface area contributed by atoms with Crippen LogP contribution >= 0.6 is 0 Å². The number of aromatic nitrogens is 5. The minimum Gasteiger partial charge on any atom is -0.467 e. The summed E-state index contributed by atoms with van der Waals surface area (Å²) in [5, 5.41) is 5.48. The van der Waals surface area contributed by atoms with E-state index in [4.69, 9.17) is 24.2 Å². The Balaban J connectivity index is 1.30. The SMILES string of the molecule is COCOc1cc2nn(C)cc2cc1-c1ccc2nc(C3=CC4(CC4)N(C(=O)OC(C)(C)C)CC3)ncc2n1. The van der Waals surface area contributed by atoms with Crippen LogP contribution in [0.5, 0.6) is 5.75 Å². The second-order valence-electron chi connectivity index (χ2n) is 11.2. The summed E-state index contributed by atoms with van der Waals surface area (Å²) in [5.74, 6) is 1.32. The van der Waals surface area contributed by atoms with Crippen molar-refractivity contribution in [3.8, 4) is 17.0 Å². The quantitative estimate of drug-likeness (QED) is 0.329. The molecule has 0 radical (unpaired) electrons. The monoisotopic (exact) mass is 528 g/mol. The standard InChI is InChI=1S/C29H32N6O4/c1-28(2,3)39-27(36)35-11-8-18(14-29(35)9-10-29)26-30-15-24-22(32-26)7-6-21(31-24)20-12-19-16-34(4)33-23(19)13-25(20)38-17-37-5/h6-7,12-16H,8-11,17H2,1-5H3. The van der Waals surface area contributed by atoms with E-state index < -0.39 is 5.60 Å². The molecule has 3 aromatic heterocycles. The lowest BCUT2D eigenvalue weighted by molar-refractivity contribution is 0.0171. The number of fused-ring (bicyclic) bond motifs is 2. The first-order chi connectivity index (χ1) is 18.6. The van der Waals surface area contributed by atoms with Crippen molar-refractivity contribution in [1.82, 2.24) is 29.6 Å². The second kappa shape index (κ2) is 9.30. The molecular formula is C29H32N6O4. The largest absolute Gasteiger partial charge is 0.467 e. The maximum atomic E-state index is 12.8. The predicted molar refractivity (Wildman–Crippen MR) is 147 cm³/mol. The van der Waals surface area contributed by atoms with Gasteiger partial charge in [0.2, 0.25) is 0 Å². The van der Waals surface area contributed by atoms with Crippen molar-refractivity contribution in [3.05, 3.63) is 48.6 Å². The van der Waals surface area contributed by atoms with Gasteiger partial charge in [-0.05, 0) is 63.8 Å². The highest BCUT2D eigenvalue weighted by Gasteiger charge is 2.51. The number of pyridine rings is 1. The van der Waals surface area contributed by atoms with Crippen LogP contribution in [0.2, 0.25) is 0 Å². The summed E-state index contributed by atoms with van der Waals surface area (Å²) in [7, 11) is 3.48. The summed E-state index contributed by atoms with van der Waals surface area (Å²) < 4.78 is 18.4. The Morgan fingerprint density at radius 2 is 1.92 bits per heavy atom. The fourth-order valence-electron chi connectivity index (χ4n) is 5.08. The number of benzene rings is 1. The summed E-state index contributed by atoms with van der Waals surface area (Å²) in [5.41, 5.74) is 4.10. The Kier molecular flexibility index (Phi) is 6.02. The van der Waals surface area contributed by atoms with Crippen LogP contribution in [0.1, 0.15) is 45.9 Å². The van der Waals surface area contributed by atoms with E-state index in [0.717, 1.165) is 46.1 Å². The molecule has 1 aliphatic heterocycles. The third kappa shape index (κ3) is 4.92. The van der Waals surface area contributed by atoms with Gasteiger partial charge < -0.3 is 14.2 Å². The van der Waals surface area contributed by atoms with Gasteiger partial charge in [0.15, 0.2) is 12.6 Å². The van der Waals surface area contributed by atoms with Crippen LogP contribution in [0, 0.1) is 0 Å². The molecule has 1 aromatic carbocycles. The number of nitrogens with zero attached hydrogens (tertiary/aromatic N) is 6. The van der Waals surface area contributed by atoms with Crippen molar-refractivity contribution >= 4 is 33.6 Å². The number of methoxy groups -OCH3 is 1. The summed E-state index contributed by atoms with van der Waals surface area (Å²) in [4.78, 5) is 29.0. The van der Waals surface area contributed by atoms with Crippen molar-refractivity contribution < 1.29 is 19.0 Å². The van der Waals surface area contributed by atoms with E-state index in [1.807, 2.05) is 63.2 Å². The lowest BCUT2D eigenvalue weighted by atomic mass is 10.00. The zero-order valence-electron chi connectivity index (χ0n) is 22.9. The molecule has 0 saturated heterocycles. The smallest absolute Gasteiger partial charge is 0.411 e. The summed E-state index contributed by atoms with van der Waals surface area (Å²) in [6.07, 6.45) is 8.13. The highest BCUT2D eigenvalue weighted by atomic mass is 16.7. The molecule has 6 rings (SSSR count). The van der Waals surface area contributed by atoms with E-state index in [9.17, 15) is 4.79 Å². The molecule has 2 aliphatic rings. The average Bonchev–Trinajstić information content (AvgIpc) is 3.54. The van der Waals surface area contributed by atoms with Crippen LogP contribution < -0.4 is 4.74 Å². The Hall–Kier alpha value is -4.05. The van der Waals surface area contributed by atoms with Gasteiger partial charge in [0.1, 0.15) is 16.9 Å². The number of carbonyl (C=O) groups excluding carboxylic acids is 1. The Labute approximate surface area is 226 Å². The fourth-order valence-corrected chi connectivity index (χ4v) is 5.08. The molecule has 39 heavy (non-hydrogen) atoms. The van der Waals surface area contributed by atoms with Crippen molar-refractivity contribution in [2.45, 2.75) is 51.2 Å². The lowest BCUT2D eigenvalue weighted by Gasteiger charge is -2.35. The van der Waals surface area contributed by atoms with Gasteiger partial charge in [0, 0.05) is 43.9 Å². The van der Waals surface area contributed by atoms with Gasteiger partial charge in [-0.15, -0.1) is 0 Å². The van der Waals surface area contributed by atoms with Crippen molar-refractivity contribution in [2.75, 3.05) is 20.4 Å². The van der Waals surface area contributed by atoms with Crippen LogP contribution in [-0.2, 0) is 16.5 Å². The van der Waals surface area contributed by atoms with E-state index in [2.05, 4.69) is 16.2 Å². The van der Waals surface area contributed by atoms with Crippen LogP contribution in [-0.4, -0.2) is 67.3 Å². The van der Waals surface area contributed by atoms with Crippen LogP contribution in [0.25, 0.3) is 38.8 Å². The highest BCUT2D eigenvalue weighted by Crippen LogP contribution is 2.48. The molecule has 4 aromatic rings. The number of ether oxygens (including phenoxy) is 3. The Morgan fingerprint density at radius 1 is 1.10 bits per heavy atom. The lowest BCUT2D eigenvalue weighted by Crippen LogP contribution is -2.46. The molecule has 1 amide bonds. The van der Waals surface area contributed by atoms with E-state index in [-0.39, 0.29) is 18.4 Å². The molecule has 0 atom stereocenters. The van der Waals surface area contributed by atoms with Crippen molar-refractivity contribution in [3.63, 3.8) is 0 Å². The zero-order chi connectivity index (χ0) is 27.4. The number of rotatable bonds is 5. The molecule has 0 bridgehead atoms. The van der Waals surface area contributed by atoms with E-state index >= 15 is 0 Å². The van der Waals surface area contributed by atoms with E-state index in [1.165, 1.54) is 0 Å². The first-order valence-electron chi connectivity index (χ1n) is 13.1. The topological polar surface area (TPSA) is 104 Å². The first kappa shape index (κ1) is 25.2. The van der Waals surface area contributed by atoms with E-state index in [0.29, 0.717) is 30.1 Å². The zero-order valence-corrected chi connectivity index (χ0v) is 22.9. The number of hydrogen-bond acceptors (Lipinski definition) is 8. The summed E-state index contributed by atoms with van der Waals surface area (Å²) in [6.45, 7) is 6.38. The van der Waals surface area contributed by atoms with Gasteiger partial charge in [-0.2, -0.15) is 5.10 Å². The van der Waals surface area contributed by atoms with Gasteiger partial charge in [-0.3, -0.25) is 9.58 Å². The van der Waals surface area contributed by atoms with Gasteiger partial charge in [0.25, 0.3) is 0 Å². The second-order valence-corrected chi connectivity index (χ2v) is 11.2. The Bertz CT molecular complexity index is 1620. The molecule has 0 unspecified atom stereocenters. The third-order valence-electron chi connectivity index (χ3n) is 7.01. The molecule has 10 nitrogen and oxygen atoms in total. The Morgan fingerprint density at radius 3 is 2.67 bits per heavy atom. The van der Waals surface area contributed by atoms with Crippen LogP contribution in [0.3, 0.4) is 0 Å². The van der Waals surface area contributed by atoms with Crippen molar-refractivity contribution in [1.29, 1.82) is 0 Å². The fraction of sp³-hybridized carbons (Fsp3) is 0.414. The minimum absolute atomic E-state index is 0.118. The predicted octanol–water partition coefficient (Wildman–Crippen LogP) is 5.12. The molecule has 1 aliphatic carbocycles. The molecule has 1 spiro atoms. The molecule has 0 N–H and O–H groups in total. The van der Waals surface area contributed by atoms with Crippen LogP contribution in [0.15, 0.2) is 42.7 Å². The van der Waals surface area contributed by atoms with Gasteiger partial charge in [-0.25, -0.2) is 19.7 Å². The maximum Gasteiger partial charge on any atom is 0.411 e. The molecular weight excluding hydrogens is 496 g/mol. The number of aryl methyl sites for hydroxylation is 1. The molecule has 10 heteroatoms. The molecule has 202 valence electrons. The maximum absolute atomic E-state index is 12.8. The number of hydrogen-bond donors (Lipinski definition) is 0. The highest BCUT2D eigenvalue weighted by molar-refractivity contribution is 5.89. The average molecular weight is 529 g/mol. The third-order valence-corrected chi connectivity index (χ3v) is 7.01. The van der Waals surface area contributed by atoms with Crippen LogP contribution in [0.4, 0.5) is 4.79 Å². The summed E-state index contributed by atoms with van der Waals surface area (Å²) in [6, 6.07) is 7.83. The van der Waals surface area contributed by atoms with Crippen molar-refractivity contribution in [2.24, 2.45) is 7.05 Å². The molecule has 1 saturated carbocycles. The van der Waals surface area contributed by atoms with E-state index in [1.54, 1.807) is 18.0 Å². The summed E-state index contributed by atoms with van der Waals surface area (Å²) >= 11 is 0. The normalized spacial score (nSPS) is 16.5. The molecule has 1 fully saturated rings. The van der Waals surface area contributed by atoms with Gasteiger partial charge in [0.05, 0.1) is 28.5 Å². The number of amides is 1. The van der Waals surface area contributed by atoms with Gasteiger partial charge >= 0.3 is 6.09 Å². The van der Waals surface area contributed by atoms with Gasteiger partial charge in [-0.1, -0.05) is 6.08 Å². The molecule has 4 heterocycles.